The Morgan fingerprint density at radius 2 is 1.91 bits per heavy atom. The highest BCUT2D eigenvalue weighted by Gasteiger charge is 2.20. The zero-order chi connectivity index (χ0) is 15.2. The maximum atomic E-state index is 12.2. The van der Waals surface area contributed by atoms with Crippen molar-refractivity contribution in [2.45, 2.75) is 38.8 Å². The van der Waals surface area contributed by atoms with Crippen molar-refractivity contribution >= 4 is 5.91 Å². The number of rotatable bonds is 5. The summed E-state index contributed by atoms with van der Waals surface area (Å²) in [6, 6.07) is 8.64. The third-order valence-corrected chi connectivity index (χ3v) is 4.77. The monoisotopic (exact) mass is 301 g/mol. The van der Waals surface area contributed by atoms with Crippen molar-refractivity contribution < 1.29 is 4.79 Å². The van der Waals surface area contributed by atoms with Crippen LogP contribution in [0.2, 0.25) is 0 Å². The molecule has 1 aromatic carbocycles. The number of benzene rings is 1. The number of hydrogen-bond acceptors (Lipinski definition) is 3. The van der Waals surface area contributed by atoms with Gasteiger partial charge in [0, 0.05) is 19.0 Å². The van der Waals surface area contributed by atoms with Crippen LogP contribution in [-0.2, 0) is 17.9 Å². The topological polar surface area (TPSA) is 44.4 Å². The summed E-state index contributed by atoms with van der Waals surface area (Å²) in [5.74, 6) is 0.403. The molecule has 2 aliphatic heterocycles. The molecule has 2 saturated heterocycles. The molecule has 2 fully saturated rings. The molecule has 2 aliphatic rings. The van der Waals surface area contributed by atoms with E-state index in [9.17, 15) is 4.79 Å². The lowest BCUT2D eigenvalue weighted by Crippen LogP contribution is -2.37. The molecule has 0 saturated carbocycles. The van der Waals surface area contributed by atoms with E-state index in [1.54, 1.807) is 0 Å². The number of nitrogens with zero attached hydrogens (tertiary/aromatic N) is 1. The molecule has 0 bridgehead atoms. The number of amides is 1. The number of hydrogen-bond donors (Lipinski definition) is 2. The van der Waals surface area contributed by atoms with Crippen LogP contribution in [0.4, 0.5) is 0 Å². The first kappa shape index (κ1) is 15.5. The molecular weight excluding hydrogens is 274 g/mol. The SMILES string of the molecule is O=C(NCc1cccc(CN2CCCC2)c1)C1CCNCC1. The number of carbonyl (C=O) groups excluding carboxylic acids is 1. The molecule has 0 aliphatic carbocycles. The Labute approximate surface area is 133 Å². The number of piperidine rings is 1. The Kier molecular flexibility index (Phi) is 5.46. The summed E-state index contributed by atoms with van der Waals surface area (Å²) in [6.45, 7) is 6.05. The Hall–Kier alpha value is -1.39. The first-order valence-electron chi connectivity index (χ1n) is 8.60. The lowest BCUT2D eigenvalue weighted by Gasteiger charge is -2.22. The van der Waals surface area contributed by atoms with Crippen LogP contribution in [0.1, 0.15) is 36.8 Å². The van der Waals surface area contributed by atoms with Crippen molar-refractivity contribution in [1.29, 1.82) is 0 Å². The van der Waals surface area contributed by atoms with Gasteiger partial charge in [0.05, 0.1) is 0 Å². The van der Waals surface area contributed by atoms with Crippen molar-refractivity contribution in [3.8, 4) is 0 Å². The smallest absolute Gasteiger partial charge is 0.223 e. The van der Waals surface area contributed by atoms with Gasteiger partial charge in [-0.1, -0.05) is 24.3 Å². The van der Waals surface area contributed by atoms with Gasteiger partial charge in [0.15, 0.2) is 0 Å². The Morgan fingerprint density at radius 1 is 1.18 bits per heavy atom. The third kappa shape index (κ3) is 4.31. The zero-order valence-electron chi connectivity index (χ0n) is 13.3. The molecule has 1 aromatic rings. The summed E-state index contributed by atoms with van der Waals surface area (Å²) in [6.07, 6.45) is 4.57. The predicted molar refractivity (Wildman–Crippen MR) is 88.4 cm³/mol. The second-order valence-corrected chi connectivity index (χ2v) is 6.55. The van der Waals surface area contributed by atoms with E-state index in [0.717, 1.165) is 32.5 Å². The first-order valence-corrected chi connectivity index (χ1v) is 8.60. The molecule has 0 spiro atoms. The Morgan fingerprint density at radius 3 is 2.68 bits per heavy atom. The van der Waals surface area contributed by atoms with Crippen molar-refractivity contribution in [1.82, 2.24) is 15.5 Å². The van der Waals surface area contributed by atoms with E-state index in [1.165, 1.54) is 37.1 Å². The van der Waals surface area contributed by atoms with E-state index in [-0.39, 0.29) is 11.8 Å². The fourth-order valence-corrected chi connectivity index (χ4v) is 3.45. The molecular formula is C18H27N3O. The Balaban J connectivity index is 1.50. The van der Waals surface area contributed by atoms with Crippen molar-refractivity contribution in [3.63, 3.8) is 0 Å². The second kappa shape index (κ2) is 7.75. The quantitative estimate of drug-likeness (QED) is 0.873. The summed E-state index contributed by atoms with van der Waals surface area (Å²) in [5, 5.41) is 6.41. The largest absolute Gasteiger partial charge is 0.352 e. The summed E-state index contributed by atoms with van der Waals surface area (Å²) in [7, 11) is 0. The zero-order valence-corrected chi connectivity index (χ0v) is 13.3. The van der Waals surface area contributed by atoms with E-state index in [2.05, 4.69) is 39.8 Å². The van der Waals surface area contributed by atoms with E-state index in [4.69, 9.17) is 0 Å². The minimum Gasteiger partial charge on any atom is -0.352 e. The lowest BCUT2D eigenvalue weighted by molar-refractivity contribution is -0.125. The maximum absolute atomic E-state index is 12.2. The molecule has 4 heteroatoms. The fourth-order valence-electron chi connectivity index (χ4n) is 3.45. The molecule has 2 heterocycles. The second-order valence-electron chi connectivity index (χ2n) is 6.55. The van der Waals surface area contributed by atoms with Gasteiger partial charge in [0.2, 0.25) is 5.91 Å². The standard InChI is InChI=1S/C18H27N3O/c22-18(17-6-8-19-9-7-17)20-13-15-4-3-5-16(12-15)14-21-10-1-2-11-21/h3-5,12,17,19H,1-2,6-11,13-14H2,(H,20,22). The minimum absolute atomic E-state index is 0.189. The van der Waals surface area contributed by atoms with Crippen molar-refractivity contribution in [2.75, 3.05) is 26.2 Å². The average Bonchev–Trinajstić information content (AvgIpc) is 3.07. The van der Waals surface area contributed by atoms with Crippen molar-refractivity contribution in [3.05, 3.63) is 35.4 Å². The third-order valence-electron chi connectivity index (χ3n) is 4.77. The summed E-state index contributed by atoms with van der Waals surface area (Å²) in [5.41, 5.74) is 2.56. The highest BCUT2D eigenvalue weighted by molar-refractivity contribution is 5.78. The number of nitrogens with one attached hydrogen (secondary N) is 2. The van der Waals surface area contributed by atoms with Gasteiger partial charge in [-0.05, 0) is 63.0 Å². The van der Waals surface area contributed by atoms with Gasteiger partial charge >= 0.3 is 0 Å². The number of likely N-dealkylation sites (tertiary alicyclic amines) is 1. The molecule has 0 unspecified atom stereocenters. The van der Waals surface area contributed by atoms with Gasteiger partial charge in [-0.25, -0.2) is 0 Å². The lowest BCUT2D eigenvalue weighted by atomic mass is 9.97. The summed E-state index contributed by atoms with van der Waals surface area (Å²) < 4.78 is 0. The molecule has 22 heavy (non-hydrogen) atoms. The van der Waals surface area contributed by atoms with Gasteiger partial charge in [0.25, 0.3) is 0 Å². The van der Waals surface area contributed by atoms with Crippen molar-refractivity contribution in [2.24, 2.45) is 5.92 Å². The molecule has 1 amide bonds. The van der Waals surface area contributed by atoms with Gasteiger partial charge in [0.1, 0.15) is 0 Å². The highest BCUT2D eigenvalue weighted by Crippen LogP contribution is 2.15. The van der Waals surface area contributed by atoms with E-state index >= 15 is 0 Å². The predicted octanol–water partition coefficient (Wildman–Crippen LogP) is 1.90. The molecule has 0 radical (unpaired) electrons. The van der Waals surface area contributed by atoms with Crippen LogP contribution in [0.5, 0.6) is 0 Å². The van der Waals surface area contributed by atoms with Crippen LogP contribution >= 0.6 is 0 Å². The number of carbonyl (C=O) groups is 1. The van der Waals surface area contributed by atoms with Crippen LogP contribution in [0, 0.1) is 5.92 Å². The molecule has 120 valence electrons. The first-order chi connectivity index (χ1) is 10.8. The van der Waals surface area contributed by atoms with E-state index in [0.29, 0.717) is 6.54 Å². The summed E-state index contributed by atoms with van der Waals surface area (Å²) >= 11 is 0. The molecule has 2 N–H and O–H groups in total. The van der Waals surface area contributed by atoms with Gasteiger partial charge in [-0.3, -0.25) is 9.69 Å². The minimum atomic E-state index is 0.189. The average molecular weight is 301 g/mol. The van der Waals surface area contributed by atoms with Crippen LogP contribution < -0.4 is 10.6 Å². The van der Waals surface area contributed by atoms with Gasteiger partial charge < -0.3 is 10.6 Å². The molecule has 0 aromatic heterocycles. The van der Waals surface area contributed by atoms with Gasteiger partial charge in [-0.15, -0.1) is 0 Å². The van der Waals surface area contributed by atoms with Crippen LogP contribution in [0.25, 0.3) is 0 Å². The van der Waals surface area contributed by atoms with E-state index < -0.39 is 0 Å². The van der Waals surface area contributed by atoms with Gasteiger partial charge in [-0.2, -0.15) is 0 Å². The fraction of sp³-hybridized carbons (Fsp3) is 0.611. The van der Waals surface area contributed by atoms with E-state index in [1.807, 2.05) is 0 Å². The molecule has 4 nitrogen and oxygen atoms in total. The maximum Gasteiger partial charge on any atom is 0.223 e. The summed E-state index contributed by atoms with van der Waals surface area (Å²) in [4.78, 5) is 14.7. The Bertz CT molecular complexity index is 491. The highest BCUT2D eigenvalue weighted by atomic mass is 16.1. The normalized spacial score (nSPS) is 20.2. The van der Waals surface area contributed by atoms with Crippen LogP contribution in [-0.4, -0.2) is 37.0 Å². The van der Waals surface area contributed by atoms with Crippen LogP contribution in [0.15, 0.2) is 24.3 Å². The molecule has 3 rings (SSSR count). The van der Waals surface area contributed by atoms with Crippen LogP contribution in [0.3, 0.4) is 0 Å². The molecule has 0 atom stereocenters.